The van der Waals surface area contributed by atoms with Gasteiger partial charge in [0.25, 0.3) is 0 Å². The van der Waals surface area contributed by atoms with Crippen molar-refractivity contribution in [1.29, 1.82) is 0 Å². The predicted molar refractivity (Wildman–Crippen MR) is 136 cm³/mol. The number of fused-ring (bicyclic) bond motifs is 1. The van der Waals surface area contributed by atoms with E-state index in [1.165, 1.54) is 12.1 Å². The van der Waals surface area contributed by atoms with Gasteiger partial charge in [-0.25, -0.2) is 9.37 Å². The Labute approximate surface area is 208 Å². The van der Waals surface area contributed by atoms with Crippen molar-refractivity contribution < 1.29 is 19.1 Å². The van der Waals surface area contributed by atoms with Gasteiger partial charge in [-0.3, -0.25) is 9.80 Å². The molecule has 0 amide bonds. The standard InChI is InChI=1S/C26H31FN4O3S/c1-17-13-30(14-21(32)16-33-22-7-8-26-25(11-22)28-18(2)35-26)9-10-31(17)15-23-12-24(29-34-23)19-3-5-20(27)6-4-19/h3-8,11,17,21,23,32H,9-10,12-16H2,1-2H3/t17?,21-,23+/m0/s1. The third-order valence-electron chi connectivity index (χ3n) is 6.58. The molecular formula is C26H31FN4O3S. The number of nitrogens with zero attached hydrogens (tertiary/aromatic N) is 4. The molecule has 35 heavy (non-hydrogen) atoms. The number of hydrogen-bond acceptors (Lipinski definition) is 8. The van der Waals surface area contributed by atoms with Crippen LogP contribution in [0.3, 0.4) is 0 Å². The first-order valence-electron chi connectivity index (χ1n) is 12.1. The first kappa shape index (κ1) is 24.1. The van der Waals surface area contributed by atoms with Gasteiger partial charge in [0.2, 0.25) is 0 Å². The van der Waals surface area contributed by atoms with Crippen molar-refractivity contribution in [1.82, 2.24) is 14.8 Å². The van der Waals surface area contributed by atoms with Crippen LogP contribution in [-0.4, -0.2) is 83.2 Å². The minimum Gasteiger partial charge on any atom is -0.491 e. The zero-order valence-electron chi connectivity index (χ0n) is 20.1. The van der Waals surface area contributed by atoms with Crippen LogP contribution in [0.25, 0.3) is 10.2 Å². The number of halogens is 1. The summed E-state index contributed by atoms with van der Waals surface area (Å²) in [6, 6.07) is 12.6. The molecule has 0 aliphatic carbocycles. The molecule has 3 aromatic rings. The molecule has 1 aromatic heterocycles. The molecule has 0 bridgehead atoms. The number of piperazine rings is 1. The lowest BCUT2D eigenvalue weighted by molar-refractivity contribution is -0.00182. The van der Waals surface area contributed by atoms with Crippen molar-refractivity contribution in [2.45, 2.75) is 38.5 Å². The summed E-state index contributed by atoms with van der Waals surface area (Å²) in [5.41, 5.74) is 2.71. The first-order chi connectivity index (χ1) is 16.9. The molecule has 0 saturated carbocycles. The molecule has 9 heteroatoms. The zero-order valence-corrected chi connectivity index (χ0v) is 20.9. The van der Waals surface area contributed by atoms with Crippen LogP contribution in [-0.2, 0) is 4.84 Å². The van der Waals surface area contributed by atoms with E-state index < -0.39 is 6.10 Å². The number of aromatic nitrogens is 1. The van der Waals surface area contributed by atoms with E-state index in [1.54, 1.807) is 23.5 Å². The fourth-order valence-corrected chi connectivity index (χ4v) is 5.57. The fraction of sp³-hybridized carbons (Fsp3) is 0.462. The van der Waals surface area contributed by atoms with Crippen LogP contribution in [0.4, 0.5) is 4.39 Å². The zero-order chi connectivity index (χ0) is 24.4. The topological polar surface area (TPSA) is 70.4 Å². The monoisotopic (exact) mass is 498 g/mol. The summed E-state index contributed by atoms with van der Waals surface area (Å²) in [5, 5.41) is 15.8. The molecule has 1 N–H and O–H groups in total. The summed E-state index contributed by atoms with van der Waals surface area (Å²) in [6.07, 6.45) is 0.161. The predicted octanol–water partition coefficient (Wildman–Crippen LogP) is 3.68. The van der Waals surface area contributed by atoms with Gasteiger partial charge in [-0.15, -0.1) is 11.3 Å². The first-order valence-corrected chi connectivity index (χ1v) is 12.9. The van der Waals surface area contributed by atoms with Crippen molar-refractivity contribution in [3.05, 3.63) is 58.9 Å². The van der Waals surface area contributed by atoms with E-state index in [2.05, 4.69) is 26.9 Å². The number of hydrogen-bond donors (Lipinski definition) is 1. The van der Waals surface area contributed by atoms with E-state index in [9.17, 15) is 9.50 Å². The Morgan fingerprint density at radius 1 is 1.23 bits per heavy atom. The average Bonchev–Trinajstić information content (AvgIpc) is 3.45. The number of rotatable bonds is 8. The molecule has 2 aromatic carbocycles. The van der Waals surface area contributed by atoms with E-state index in [1.807, 2.05) is 25.1 Å². The number of oxime groups is 1. The summed E-state index contributed by atoms with van der Waals surface area (Å²) in [7, 11) is 0. The summed E-state index contributed by atoms with van der Waals surface area (Å²) in [4.78, 5) is 14.9. The van der Waals surface area contributed by atoms with E-state index in [0.717, 1.165) is 64.8 Å². The third kappa shape index (κ3) is 5.98. The highest BCUT2D eigenvalue weighted by Gasteiger charge is 2.30. The van der Waals surface area contributed by atoms with Crippen molar-refractivity contribution in [3.8, 4) is 5.75 Å². The Kier molecular flexibility index (Phi) is 7.29. The molecule has 1 fully saturated rings. The van der Waals surface area contributed by atoms with Crippen LogP contribution in [0, 0.1) is 12.7 Å². The van der Waals surface area contributed by atoms with Gasteiger partial charge >= 0.3 is 0 Å². The van der Waals surface area contributed by atoms with Crippen molar-refractivity contribution in [2.75, 3.05) is 39.3 Å². The van der Waals surface area contributed by atoms with Crippen LogP contribution < -0.4 is 4.74 Å². The van der Waals surface area contributed by atoms with Crippen LogP contribution >= 0.6 is 11.3 Å². The molecule has 3 heterocycles. The number of aliphatic hydroxyl groups is 1. The maximum absolute atomic E-state index is 13.2. The van der Waals surface area contributed by atoms with Gasteiger partial charge in [-0.05, 0) is 43.7 Å². The molecule has 0 radical (unpaired) electrons. The number of aliphatic hydroxyl groups excluding tert-OH is 1. The second-order valence-electron chi connectivity index (χ2n) is 9.41. The summed E-state index contributed by atoms with van der Waals surface area (Å²) in [6.45, 7) is 8.49. The number of aryl methyl sites for hydroxylation is 1. The Hall–Kier alpha value is -2.59. The molecule has 5 rings (SSSR count). The summed E-state index contributed by atoms with van der Waals surface area (Å²) >= 11 is 1.66. The minimum absolute atomic E-state index is 0.00175. The van der Waals surface area contributed by atoms with Gasteiger partial charge < -0.3 is 14.7 Å². The van der Waals surface area contributed by atoms with Crippen LogP contribution in [0.2, 0.25) is 0 Å². The lowest BCUT2D eigenvalue weighted by atomic mass is 10.0. The summed E-state index contributed by atoms with van der Waals surface area (Å²) < 4.78 is 20.2. The second kappa shape index (κ2) is 10.6. The highest BCUT2D eigenvalue weighted by molar-refractivity contribution is 7.18. The van der Waals surface area contributed by atoms with Gasteiger partial charge in [-0.2, -0.15) is 0 Å². The van der Waals surface area contributed by atoms with Crippen molar-refractivity contribution in [3.63, 3.8) is 0 Å². The molecule has 2 aliphatic heterocycles. The Morgan fingerprint density at radius 3 is 2.86 bits per heavy atom. The Bertz CT molecular complexity index is 1190. The molecule has 1 unspecified atom stereocenters. The van der Waals surface area contributed by atoms with Gasteiger partial charge in [0, 0.05) is 51.3 Å². The van der Waals surface area contributed by atoms with E-state index in [-0.39, 0.29) is 18.5 Å². The van der Waals surface area contributed by atoms with E-state index >= 15 is 0 Å². The molecule has 3 atom stereocenters. The molecular weight excluding hydrogens is 467 g/mol. The number of thiazole rings is 1. The van der Waals surface area contributed by atoms with Gasteiger partial charge in [-0.1, -0.05) is 17.3 Å². The van der Waals surface area contributed by atoms with Gasteiger partial charge in [0.05, 0.1) is 20.9 Å². The lowest BCUT2D eigenvalue weighted by Gasteiger charge is -2.41. The quantitative estimate of drug-likeness (QED) is 0.511. The van der Waals surface area contributed by atoms with Gasteiger partial charge in [0.1, 0.15) is 30.4 Å². The molecule has 2 aliphatic rings. The Balaban J connectivity index is 1.05. The molecule has 1 saturated heterocycles. The average molecular weight is 499 g/mol. The Morgan fingerprint density at radius 2 is 2.06 bits per heavy atom. The van der Waals surface area contributed by atoms with Gasteiger partial charge in [0.15, 0.2) is 0 Å². The normalized spacial score (nSPS) is 22.2. The minimum atomic E-state index is -0.563. The third-order valence-corrected chi connectivity index (χ3v) is 7.53. The fourth-order valence-electron chi connectivity index (χ4n) is 4.76. The maximum Gasteiger partial charge on any atom is 0.145 e. The highest BCUT2D eigenvalue weighted by atomic mass is 32.1. The summed E-state index contributed by atoms with van der Waals surface area (Å²) in [5.74, 6) is 0.485. The number of β-amino-alcohol motifs (C(OH)–C–C–N with tert-alkyl or cyclic N) is 1. The number of benzene rings is 2. The van der Waals surface area contributed by atoms with Crippen LogP contribution in [0.5, 0.6) is 5.75 Å². The largest absolute Gasteiger partial charge is 0.491 e. The molecule has 0 spiro atoms. The van der Waals surface area contributed by atoms with E-state index in [0.29, 0.717) is 12.6 Å². The van der Waals surface area contributed by atoms with Crippen LogP contribution in [0.15, 0.2) is 47.6 Å². The van der Waals surface area contributed by atoms with Crippen molar-refractivity contribution >= 4 is 27.3 Å². The van der Waals surface area contributed by atoms with Crippen LogP contribution in [0.1, 0.15) is 23.9 Å². The van der Waals surface area contributed by atoms with E-state index in [4.69, 9.17) is 9.57 Å². The SMILES string of the molecule is Cc1nc2cc(OC[C@@H](O)CN3CCN(C[C@H]4CC(c5ccc(F)cc5)=NO4)C(C)C3)ccc2s1. The molecule has 186 valence electrons. The smallest absolute Gasteiger partial charge is 0.145 e. The maximum atomic E-state index is 13.2. The van der Waals surface area contributed by atoms with Crippen molar-refractivity contribution in [2.24, 2.45) is 5.16 Å². The lowest BCUT2D eigenvalue weighted by Crippen LogP contribution is -2.55. The second-order valence-corrected chi connectivity index (χ2v) is 10.6. The molecule has 7 nitrogen and oxygen atoms in total. The number of ether oxygens (including phenoxy) is 1. The highest BCUT2D eigenvalue weighted by Crippen LogP contribution is 2.26.